The van der Waals surface area contributed by atoms with Gasteiger partial charge in [-0.05, 0) is 27.5 Å². The topological polar surface area (TPSA) is 38.7 Å². The largest absolute Gasteiger partial charge is 0.244 e. The standard InChI is InChI=1S/C3BrCl2N3/c4-1-2(5)7-3(6)9-8-1. The Labute approximate surface area is 69.5 Å². The van der Waals surface area contributed by atoms with Gasteiger partial charge in [-0.25, -0.2) is 4.98 Å². The molecule has 6 heteroatoms. The van der Waals surface area contributed by atoms with Crippen LogP contribution in [0.15, 0.2) is 4.60 Å². The predicted octanol–water partition coefficient (Wildman–Crippen LogP) is 1.94. The van der Waals surface area contributed by atoms with Crippen LogP contribution in [0.4, 0.5) is 0 Å². The van der Waals surface area contributed by atoms with E-state index in [0.29, 0.717) is 4.60 Å². The Morgan fingerprint density at radius 1 is 1.22 bits per heavy atom. The summed E-state index contributed by atoms with van der Waals surface area (Å²) in [6.07, 6.45) is 0. The van der Waals surface area contributed by atoms with E-state index >= 15 is 0 Å². The molecule has 0 fully saturated rings. The summed E-state index contributed by atoms with van der Waals surface area (Å²) in [5, 5.41) is 7.19. The fraction of sp³-hybridized carbons (Fsp3) is 0. The fourth-order valence-corrected chi connectivity index (χ4v) is 0.727. The van der Waals surface area contributed by atoms with Gasteiger partial charge in [-0.2, -0.15) is 0 Å². The van der Waals surface area contributed by atoms with Crippen molar-refractivity contribution < 1.29 is 0 Å². The number of rotatable bonds is 0. The average Bonchev–Trinajstić information content (AvgIpc) is 1.80. The lowest BCUT2D eigenvalue weighted by Crippen LogP contribution is -1.87. The van der Waals surface area contributed by atoms with Crippen molar-refractivity contribution in [1.82, 2.24) is 15.2 Å². The van der Waals surface area contributed by atoms with Gasteiger partial charge in [0.15, 0.2) is 9.76 Å². The summed E-state index contributed by atoms with van der Waals surface area (Å²) >= 11 is 13.8. The van der Waals surface area contributed by atoms with Crippen molar-refractivity contribution in [2.24, 2.45) is 0 Å². The Bertz CT molecular complexity index is 228. The number of hydrogen-bond donors (Lipinski definition) is 0. The van der Waals surface area contributed by atoms with Crippen LogP contribution in [0.1, 0.15) is 0 Å². The van der Waals surface area contributed by atoms with Crippen molar-refractivity contribution in [1.29, 1.82) is 0 Å². The summed E-state index contributed by atoms with van der Waals surface area (Å²) in [5.74, 6) is 0. The SMILES string of the molecule is Clc1nnc(Br)c(Cl)n1. The van der Waals surface area contributed by atoms with E-state index in [1.165, 1.54) is 0 Å². The molecule has 0 bridgehead atoms. The molecule has 0 spiro atoms. The highest BCUT2D eigenvalue weighted by Crippen LogP contribution is 2.16. The van der Waals surface area contributed by atoms with Crippen LogP contribution in [-0.4, -0.2) is 15.2 Å². The number of halogens is 3. The number of aromatic nitrogens is 3. The van der Waals surface area contributed by atoms with E-state index < -0.39 is 0 Å². The molecule has 0 saturated heterocycles. The van der Waals surface area contributed by atoms with E-state index in [2.05, 4.69) is 31.1 Å². The van der Waals surface area contributed by atoms with Gasteiger partial charge in [0, 0.05) is 0 Å². The average molecular weight is 229 g/mol. The molecule has 1 aromatic heterocycles. The lowest BCUT2D eigenvalue weighted by atomic mass is 10.9. The van der Waals surface area contributed by atoms with Gasteiger partial charge in [0.05, 0.1) is 0 Å². The maximum Gasteiger partial charge on any atom is 0.244 e. The van der Waals surface area contributed by atoms with Gasteiger partial charge >= 0.3 is 0 Å². The summed E-state index contributed by atoms with van der Waals surface area (Å²) in [4.78, 5) is 3.58. The molecular weight excluding hydrogens is 229 g/mol. The lowest BCUT2D eigenvalue weighted by molar-refractivity contribution is 0.946. The van der Waals surface area contributed by atoms with E-state index in [9.17, 15) is 0 Å². The van der Waals surface area contributed by atoms with Crippen molar-refractivity contribution >= 4 is 39.1 Å². The van der Waals surface area contributed by atoms with Crippen molar-refractivity contribution in [3.63, 3.8) is 0 Å². The summed E-state index contributed by atoms with van der Waals surface area (Å²) < 4.78 is 0.397. The third-order valence-corrected chi connectivity index (χ3v) is 1.77. The molecule has 0 saturated carbocycles. The van der Waals surface area contributed by atoms with E-state index in [4.69, 9.17) is 23.2 Å². The van der Waals surface area contributed by atoms with Crippen LogP contribution in [0.3, 0.4) is 0 Å². The van der Waals surface area contributed by atoms with Gasteiger partial charge in [0.25, 0.3) is 0 Å². The molecule has 0 aromatic carbocycles. The fourth-order valence-electron chi connectivity index (χ4n) is 0.276. The van der Waals surface area contributed by atoms with Crippen molar-refractivity contribution in [3.05, 3.63) is 15.0 Å². The summed E-state index contributed by atoms with van der Waals surface area (Å²) in [7, 11) is 0. The minimum atomic E-state index is 0.0446. The second-order valence-electron chi connectivity index (χ2n) is 1.16. The maximum atomic E-state index is 5.47. The van der Waals surface area contributed by atoms with Gasteiger partial charge < -0.3 is 0 Å². The maximum absolute atomic E-state index is 5.47. The van der Waals surface area contributed by atoms with Crippen LogP contribution in [-0.2, 0) is 0 Å². The second-order valence-corrected chi connectivity index (χ2v) is 2.61. The minimum Gasteiger partial charge on any atom is -0.202 e. The van der Waals surface area contributed by atoms with Gasteiger partial charge in [0.1, 0.15) is 0 Å². The first-order valence-corrected chi connectivity index (χ1v) is 3.46. The molecule has 9 heavy (non-hydrogen) atoms. The molecule has 0 amide bonds. The quantitative estimate of drug-likeness (QED) is 0.682. The third kappa shape index (κ3) is 1.74. The monoisotopic (exact) mass is 227 g/mol. The highest BCUT2D eigenvalue weighted by molar-refractivity contribution is 9.10. The zero-order valence-electron chi connectivity index (χ0n) is 3.98. The molecule has 3 nitrogen and oxygen atoms in total. The highest BCUT2D eigenvalue weighted by atomic mass is 79.9. The summed E-state index contributed by atoms with van der Waals surface area (Å²) in [5.41, 5.74) is 0. The van der Waals surface area contributed by atoms with E-state index in [0.717, 1.165) is 0 Å². The van der Waals surface area contributed by atoms with Crippen molar-refractivity contribution in [2.75, 3.05) is 0 Å². The Kier molecular flexibility index (Phi) is 2.21. The molecule has 0 N–H and O–H groups in total. The van der Waals surface area contributed by atoms with Crippen LogP contribution in [0.25, 0.3) is 0 Å². The minimum absolute atomic E-state index is 0.0446. The lowest BCUT2D eigenvalue weighted by Gasteiger charge is -1.89. The smallest absolute Gasteiger partial charge is 0.202 e. The van der Waals surface area contributed by atoms with E-state index in [-0.39, 0.29) is 10.4 Å². The first-order chi connectivity index (χ1) is 4.20. The molecule has 0 atom stereocenters. The van der Waals surface area contributed by atoms with Gasteiger partial charge in [0.2, 0.25) is 5.28 Å². The molecule has 0 aliphatic rings. The zero-order valence-corrected chi connectivity index (χ0v) is 7.07. The molecule has 1 aromatic rings. The Hall–Kier alpha value is 0.0700. The first kappa shape index (κ1) is 7.18. The van der Waals surface area contributed by atoms with E-state index in [1.54, 1.807) is 0 Å². The predicted molar refractivity (Wildman–Crippen MR) is 37.5 cm³/mol. The van der Waals surface area contributed by atoms with Crippen molar-refractivity contribution in [2.45, 2.75) is 0 Å². The molecule has 0 unspecified atom stereocenters. The highest BCUT2D eigenvalue weighted by Gasteiger charge is 1.99. The Morgan fingerprint density at radius 3 is 2.33 bits per heavy atom. The Morgan fingerprint density at radius 2 is 1.89 bits per heavy atom. The van der Waals surface area contributed by atoms with Crippen LogP contribution in [0.2, 0.25) is 10.4 Å². The van der Waals surface area contributed by atoms with Crippen molar-refractivity contribution in [3.8, 4) is 0 Å². The molecular formula is C3BrCl2N3. The van der Waals surface area contributed by atoms with Crippen LogP contribution >= 0.6 is 39.1 Å². The van der Waals surface area contributed by atoms with Crippen LogP contribution in [0.5, 0.6) is 0 Å². The molecule has 48 valence electrons. The molecule has 1 rings (SSSR count). The first-order valence-electron chi connectivity index (χ1n) is 1.91. The molecule has 0 aliphatic heterocycles. The van der Waals surface area contributed by atoms with Crippen LogP contribution in [0, 0.1) is 0 Å². The van der Waals surface area contributed by atoms with Gasteiger partial charge in [-0.1, -0.05) is 11.6 Å². The zero-order chi connectivity index (χ0) is 6.85. The number of nitrogens with zero attached hydrogens (tertiary/aromatic N) is 3. The molecule has 1 heterocycles. The van der Waals surface area contributed by atoms with E-state index in [1.807, 2.05) is 0 Å². The summed E-state index contributed by atoms with van der Waals surface area (Å²) in [6.45, 7) is 0. The third-order valence-electron chi connectivity index (χ3n) is 0.581. The normalized spacial score (nSPS) is 9.67. The number of hydrogen-bond acceptors (Lipinski definition) is 3. The van der Waals surface area contributed by atoms with Crippen LogP contribution < -0.4 is 0 Å². The summed E-state index contributed by atoms with van der Waals surface area (Å²) in [6, 6.07) is 0. The van der Waals surface area contributed by atoms with Gasteiger partial charge in [-0.3, -0.25) is 0 Å². The molecule has 0 radical (unpaired) electrons. The van der Waals surface area contributed by atoms with Gasteiger partial charge in [-0.15, -0.1) is 10.2 Å². The second kappa shape index (κ2) is 2.77. The molecule has 0 aliphatic carbocycles. The Balaban J connectivity index is 3.17.